The van der Waals surface area contributed by atoms with Gasteiger partial charge in [-0.25, -0.2) is 14.6 Å². The van der Waals surface area contributed by atoms with Crippen molar-refractivity contribution in [3.8, 4) is 28.7 Å². The van der Waals surface area contributed by atoms with Crippen molar-refractivity contribution in [2.75, 3.05) is 11.9 Å². The number of nitriles is 1. The van der Waals surface area contributed by atoms with Crippen LogP contribution < -0.4 is 5.32 Å². The summed E-state index contributed by atoms with van der Waals surface area (Å²) in [5, 5.41) is 21.4. The number of aromatic nitrogens is 6. The Morgan fingerprint density at radius 1 is 1.02 bits per heavy atom. The van der Waals surface area contributed by atoms with E-state index in [2.05, 4.69) is 42.5 Å². The molecule has 0 spiro atoms. The molecule has 4 aromatic rings. The Balaban J connectivity index is 0.00000124. The molecule has 3 heterocycles. The van der Waals surface area contributed by atoms with E-state index < -0.39 is 0 Å². The molecule has 0 bridgehead atoms. The van der Waals surface area contributed by atoms with Crippen LogP contribution in [0.1, 0.15) is 57.0 Å². The van der Waals surface area contributed by atoms with Crippen LogP contribution in [0, 0.1) is 17.2 Å². The topological polar surface area (TPSA) is 156 Å². The van der Waals surface area contributed by atoms with Crippen LogP contribution in [0.25, 0.3) is 22.6 Å². The van der Waals surface area contributed by atoms with Gasteiger partial charge in [-0.1, -0.05) is 44.2 Å². The number of rotatable bonds is 7. The van der Waals surface area contributed by atoms with E-state index >= 15 is 0 Å². The van der Waals surface area contributed by atoms with Crippen molar-refractivity contribution in [2.24, 2.45) is 5.92 Å². The molecule has 11 heteroatoms. The van der Waals surface area contributed by atoms with E-state index in [1.165, 1.54) is 0 Å². The lowest BCUT2D eigenvalue weighted by molar-refractivity contribution is -0.191. The standard InChI is InChI=1S/C29H30N8O.CO2/c1-29(2,3)27-9-5-8-22(32-27)17-37-18-26(35-36-37)25-14-24(21-7-4-6-19(12-21)15-30)33-28(34-25)31-16-20-10-11-23(38)13-20;2-1-3/h4-9,12,14,18,20H,10-11,13,16-17H2,1-3H3,(H,31,33,34);. The van der Waals surface area contributed by atoms with Crippen LogP contribution in [0.5, 0.6) is 0 Å². The Kier molecular flexibility index (Phi) is 9.07. The minimum Gasteiger partial charge on any atom is -0.354 e. The zero-order chi connectivity index (χ0) is 29.4. The van der Waals surface area contributed by atoms with Gasteiger partial charge in [0.2, 0.25) is 5.95 Å². The number of nitrogens with one attached hydrogen (secondary N) is 1. The van der Waals surface area contributed by atoms with Crippen LogP contribution in [0.2, 0.25) is 0 Å². The highest BCUT2D eigenvalue weighted by molar-refractivity contribution is 5.80. The molecule has 1 aliphatic rings. The first-order chi connectivity index (χ1) is 19.7. The van der Waals surface area contributed by atoms with Gasteiger partial charge in [0.15, 0.2) is 0 Å². The summed E-state index contributed by atoms with van der Waals surface area (Å²) >= 11 is 0. The number of benzene rings is 1. The summed E-state index contributed by atoms with van der Waals surface area (Å²) in [7, 11) is 0. The molecule has 1 unspecified atom stereocenters. The summed E-state index contributed by atoms with van der Waals surface area (Å²) in [6.07, 6.45) is 4.20. The number of pyridine rings is 1. The number of Topliss-reactive ketones (excluding diaryl/α,β-unsaturated/α-hetero) is 1. The SMILES string of the molecule is CC(C)(C)c1cccc(Cn2cc(-c3cc(-c4cccc(C#N)c4)nc(NCC4CCC(=O)C4)n3)nn2)n1.O=C=O. The lowest BCUT2D eigenvalue weighted by Crippen LogP contribution is -2.15. The third-order valence-electron chi connectivity index (χ3n) is 6.61. The van der Waals surface area contributed by atoms with Crippen LogP contribution in [0.3, 0.4) is 0 Å². The highest BCUT2D eigenvalue weighted by Gasteiger charge is 2.22. The number of carbonyl (C=O) groups is 1. The molecule has 3 aromatic heterocycles. The van der Waals surface area contributed by atoms with Crippen LogP contribution in [0.4, 0.5) is 5.95 Å². The first kappa shape index (κ1) is 28.9. The minimum absolute atomic E-state index is 0.0427. The lowest BCUT2D eigenvalue weighted by atomic mass is 9.91. The minimum atomic E-state index is -0.0427. The zero-order valence-corrected chi connectivity index (χ0v) is 23.2. The first-order valence-electron chi connectivity index (χ1n) is 13.2. The van der Waals surface area contributed by atoms with Crippen molar-refractivity contribution in [1.29, 1.82) is 5.26 Å². The molecule has 1 N–H and O–H groups in total. The van der Waals surface area contributed by atoms with Crippen molar-refractivity contribution in [2.45, 2.75) is 52.0 Å². The summed E-state index contributed by atoms with van der Waals surface area (Å²) in [4.78, 5) is 42.2. The smallest absolute Gasteiger partial charge is 0.354 e. The molecule has 0 amide bonds. The average molecular weight is 551 g/mol. The van der Waals surface area contributed by atoms with E-state index in [9.17, 15) is 10.1 Å². The highest BCUT2D eigenvalue weighted by atomic mass is 16.2. The molecular formula is C30H30N8O3. The fourth-order valence-electron chi connectivity index (χ4n) is 4.50. The van der Waals surface area contributed by atoms with Gasteiger partial charge >= 0.3 is 6.15 Å². The van der Waals surface area contributed by atoms with E-state index in [0.29, 0.717) is 60.3 Å². The number of hydrogen-bond acceptors (Lipinski definition) is 10. The van der Waals surface area contributed by atoms with Gasteiger partial charge in [0, 0.05) is 36.1 Å². The van der Waals surface area contributed by atoms with Crippen LogP contribution in [-0.2, 0) is 26.3 Å². The molecule has 0 aliphatic heterocycles. The number of nitrogens with zero attached hydrogens (tertiary/aromatic N) is 7. The molecule has 0 saturated heterocycles. The molecule has 11 nitrogen and oxygen atoms in total. The Morgan fingerprint density at radius 3 is 2.49 bits per heavy atom. The molecular weight excluding hydrogens is 520 g/mol. The summed E-state index contributed by atoms with van der Waals surface area (Å²) in [5.41, 5.74) is 5.14. The van der Waals surface area contributed by atoms with Gasteiger partial charge in [0.25, 0.3) is 0 Å². The number of anilines is 1. The fourth-order valence-corrected chi connectivity index (χ4v) is 4.50. The normalized spacial score (nSPS) is 14.5. The third-order valence-corrected chi connectivity index (χ3v) is 6.61. The fraction of sp³-hybridized carbons (Fsp3) is 0.333. The van der Waals surface area contributed by atoms with Gasteiger partial charge in [0.05, 0.1) is 41.5 Å². The molecule has 1 saturated carbocycles. The first-order valence-corrected chi connectivity index (χ1v) is 13.2. The Bertz CT molecular complexity index is 1610. The van der Waals surface area contributed by atoms with Crippen molar-refractivity contribution in [3.05, 3.63) is 71.7 Å². The molecule has 41 heavy (non-hydrogen) atoms. The van der Waals surface area contributed by atoms with Gasteiger partial charge in [-0.05, 0) is 42.7 Å². The maximum atomic E-state index is 11.7. The lowest BCUT2D eigenvalue weighted by Gasteiger charge is -2.18. The second-order valence-electron chi connectivity index (χ2n) is 10.8. The van der Waals surface area contributed by atoms with E-state index in [0.717, 1.165) is 23.4 Å². The Morgan fingerprint density at radius 2 is 1.78 bits per heavy atom. The number of hydrogen-bond donors (Lipinski definition) is 1. The summed E-state index contributed by atoms with van der Waals surface area (Å²) in [6.45, 7) is 7.53. The molecule has 0 radical (unpaired) electrons. The monoisotopic (exact) mass is 550 g/mol. The summed E-state index contributed by atoms with van der Waals surface area (Å²) < 4.78 is 1.75. The second kappa shape index (κ2) is 12.9. The number of ketones is 1. The van der Waals surface area contributed by atoms with Crippen molar-refractivity contribution in [3.63, 3.8) is 0 Å². The van der Waals surface area contributed by atoms with Gasteiger partial charge in [-0.2, -0.15) is 14.9 Å². The quantitative estimate of drug-likeness (QED) is 0.353. The largest absolute Gasteiger partial charge is 0.373 e. The van der Waals surface area contributed by atoms with Crippen LogP contribution >= 0.6 is 0 Å². The van der Waals surface area contributed by atoms with E-state index in [1.807, 2.05) is 42.6 Å². The third kappa shape index (κ3) is 7.75. The molecule has 5 rings (SSSR count). The Labute approximate surface area is 237 Å². The Hall–Kier alpha value is -5.07. The molecule has 1 fully saturated rings. The summed E-state index contributed by atoms with van der Waals surface area (Å²) in [6, 6.07) is 17.4. The maximum absolute atomic E-state index is 11.7. The number of carbonyl (C=O) groups excluding carboxylic acids is 3. The van der Waals surface area contributed by atoms with Crippen molar-refractivity contribution < 1.29 is 14.4 Å². The van der Waals surface area contributed by atoms with Crippen LogP contribution in [0.15, 0.2) is 54.7 Å². The van der Waals surface area contributed by atoms with E-state index in [4.69, 9.17) is 24.5 Å². The van der Waals surface area contributed by atoms with Crippen molar-refractivity contribution >= 4 is 17.9 Å². The van der Waals surface area contributed by atoms with Gasteiger partial charge < -0.3 is 5.32 Å². The maximum Gasteiger partial charge on any atom is 0.373 e. The predicted molar refractivity (Wildman–Crippen MR) is 149 cm³/mol. The van der Waals surface area contributed by atoms with Crippen LogP contribution in [-0.4, -0.2) is 48.4 Å². The molecule has 1 atom stereocenters. The van der Waals surface area contributed by atoms with Crippen molar-refractivity contribution in [1.82, 2.24) is 29.9 Å². The molecule has 208 valence electrons. The van der Waals surface area contributed by atoms with Gasteiger partial charge in [-0.15, -0.1) is 5.10 Å². The summed E-state index contributed by atoms with van der Waals surface area (Å²) in [5.74, 6) is 1.03. The molecule has 1 aliphatic carbocycles. The van der Waals surface area contributed by atoms with Gasteiger partial charge in [-0.3, -0.25) is 9.78 Å². The molecule has 1 aromatic carbocycles. The van der Waals surface area contributed by atoms with E-state index in [1.54, 1.807) is 16.8 Å². The highest BCUT2D eigenvalue weighted by Crippen LogP contribution is 2.27. The second-order valence-corrected chi connectivity index (χ2v) is 10.8. The average Bonchev–Trinajstić information content (AvgIpc) is 3.60. The van der Waals surface area contributed by atoms with E-state index in [-0.39, 0.29) is 17.5 Å². The predicted octanol–water partition coefficient (Wildman–Crippen LogP) is 4.21. The zero-order valence-electron chi connectivity index (χ0n) is 23.2. The van der Waals surface area contributed by atoms with Gasteiger partial charge in [0.1, 0.15) is 11.5 Å².